The highest BCUT2D eigenvalue weighted by Crippen LogP contribution is 2.28. The van der Waals surface area contributed by atoms with Crippen LogP contribution in [0.5, 0.6) is 0 Å². The van der Waals surface area contributed by atoms with Gasteiger partial charge < -0.3 is 5.73 Å². The molecule has 0 aliphatic heterocycles. The molecule has 2 aromatic carbocycles. The predicted molar refractivity (Wildman–Crippen MR) is 71.5 cm³/mol. The second-order valence-corrected chi connectivity index (χ2v) is 5.06. The molecule has 0 saturated carbocycles. The van der Waals surface area contributed by atoms with Crippen LogP contribution < -0.4 is 5.73 Å². The van der Waals surface area contributed by atoms with Gasteiger partial charge in [0.2, 0.25) is 0 Å². The predicted octanol–water partition coefficient (Wildman–Crippen LogP) is 4.43. The molecule has 0 aliphatic carbocycles. The van der Waals surface area contributed by atoms with Crippen LogP contribution in [0.15, 0.2) is 40.9 Å². The third kappa shape index (κ3) is 2.55. The lowest BCUT2D eigenvalue weighted by molar-refractivity contribution is 0.590. The molecule has 2 rings (SSSR count). The molecule has 18 heavy (non-hydrogen) atoms. The minimum absolute atomic E-state index is 0.0145. The molecule has 1 nitrogen and oxygen atoms in total. The smallest absolute Gasteiger partial charge is 0.142 e. The number of benzene rings is 2. The summed E-state index contributed by atoms with van der Waals surface area (Å²) in [6.45, 7) is 0. The monoisotopic (exact) mass is 331 g/mol. The van der Waals surface area contributed by atoms with E-state index in [-0.39, 0.29) is 5.02 Å². The molecule has 0 radical (unpaired) electrons. The molecule has 5 heteroatoms. The molecule has 0 heterocycles. The summed E-state index contributed by atoms with van der Waals surface area (Å²) in [6.07, 6.45) is 0. The number of halogens is 4. The van der Waals surface area contributed by atoms with Crippen molar-refractivity contribution in [2.45, 2.75) is 6.04 Å². The van der Waals surface area contributed by atoms with Crippen molar-refractivity contribution in [3.8, 4) is 0 Å². The van der Waals surface area contributed by atoms with Gasteiger partial charge in [-0.1, -0.05) is 29.8 Å². The molecule has 2 N–H and O–H groups in total. The summed E-state index contributed by atoms with van der Waals surface area (Å²) in [5.41, 5.74) is 6.70. The van der Waals surface area contributed by atoms with Gasteiger partial charge >= 0.3 is 0 Å². The SMILES string of the molecule is NC(c1ccc(Cl)c(F)c1)c1cccc(Br)c1F. The second kappa shape index (κ2) is 5.34. The van der Waals surface area contributed by atoms with Gasteiger partial charge in [0.05, 0.1) is 15.5 Å². The first-order valence-electron chi connectivity index (χ1n) is 5.15. The Morgan fingerprint density at radius 1 is 1.17 bits per heavy atom. The van der Waals surface area contributed by atoms with Crippen molar-refractivity contribution in [2.75, 3.05) is 0 Å². The van der Waals surface area contributed by atoms with E-state index in [1.165, 1.54) is 12.1 Å². The fraction of sp³-hybridized carbons (Fsp3) is 0.0769. The lowest BCUT2D eigenvalue weighted by atomic mass is 9.99. The zero-order valence-electron chi connectivity index (χ0n) is 9.13. The van der Waals surface area contributed by atoms with Crippen LogP contribution in [0.4, 0.5) is 8.78 Å². The molecule has 0 fully saturated rings. The van der Waals surface area contributed by atoms with Gasteiger partial charge in [-0.15, -0.1) is 0 Å². The van der Waals surface area contributed by atoms with Gasteiger partial charge in [-0.3, -0.25) is 0 Å². The normalized spacial score (nSPS) is 12.5. The average Bonchev–Trinajstić information content (AvgIpc) is 2.35. The highest BCUT2D eigenvalue weighted by molar-refractivity contribution is 9.10. The number of nitrogens with two attached hydrogens (primary N) is 1. The first kappa shape index (κ1) is 13.5. The van der Waals surface area contributed by atoms with Crippen LogP contribution in [0.3, 0.4) is 0 Å². The maximum atomic E-state index is 13.9. The zero-order valence-corrected chi connectivity index (χ0v) is 11.5. The lowest BCUT2D eigenvalue weighted by Crippen LogP contribution is -2.14. The van der Waals surface area contributed by atoms with Gasteiger partial charge in [-0.25, -0.2) is 8.78 Å². The zero-order chi connectivity index (χ0) is 13.3. The number of hydrogen-bond donors (Lipinski definition) is 1. The van der Waals surface area contributed by atoms with Crippen molar-refractivity contribution < 1.29 is 8.78 Å². The Kier molecular flexibility index (Phi) is 4.00. The van der Waals surface area contributed by atoms with Crippen LogP contribution in [-0.2, 0) is 0 Å². The molecular formula is C13H9BrClF2N. The quantitative estimate of drug-likeness (QED) is 0.865. The lowest BCUT2D eigenvalue weighted by Gasteiger charge is -2.14. The van der Waals surface area contributed by atoms with Crippen molar-refractivity contribution in [3.63, 3.8) is 0 Å². The largest absolute Gasteiger partial charge is 0.320 e. The van der Waals surface area contributed by atoms with Crippen LogP contribution in [0.1, 0.15) is 17.2 Å². The standard InChI is InChI=1S/C13H9BrClF2N/c14-9-3-1-2-8(12(9)17)13(18)7-4-5-10(15)11(16)6-7/h1-6,13H,18H2. The topological polar surface area (TPSA) is 26.0 Å². The van der Waals surface area contributed by atoms with E-state index in [9.17, 15) is 8.78 Å². The summed E-state index contributed by atoms with van der Waals surface area (Å²) in [4.78, 5) is 0. The average molecular weight is 333 g/mol. The van der Waals surface area contributed by atoms with E-state index in [0.717, 1.165) is 0 Å². The minimum Gasteiger partial charge on any atom is -0.320 e. The minimum atomic E-state index is -0.741. The van der Waals surface area contributed by atoms with E-state index >= 15 is 0 Å². The van der Waals surface area contributed by atoms with Crippen LogP contribution in [-0.4, -0.2) is 0 Å². The molecule has 1 unspecified atom stereocenters. The van der Waals surface area contributed by atoms with E-state index in [2.05, 4.69) is 15.9 Å². The molecule has 0 saturated heterocycles. The summed E-state index contributed by atoms with van der Waals surface area (Å²) in [5, 5.41) is 0.0145. The molecule has 0 aromatic heterocycles. The van der Waals surface area contributed by atoms with Crippen molar-refractivity contribution in [1.82, 2.24) is 0 Å². The maximum Gasteiger partial charge on any atom is 0.142 e. The van der Waals surface area contributed by atoms with E-state index in [1.54, 1.807) is 24.3 Å². The summed E-state index contributed by atoms with van der Waals surface area (Å²) < 4.78 is 27.5. The number of hydrogen-bond acceptors (Lipinski definition) is 1. The Labute approximate surface area is 117 Å². The van der Waals surface area contributed by atoms with Crippen molar-refractivity contribution in [3.05, 3.63) is 68.7 Å². The van der Waals surface area contributed by atoms with Gasteiger partial charge in [0, 0.05) is 5.56 Å². The third-order valence-corrected chi connectivity index (χ3v) is 3.54. The fourth-order valence-electron chi connectivity index (χ4n) is 1.65. The third-order valence-electron chi connectivity index (χ3n) is 2.62. The van der Waals surface area contributed by atoms with Gasteiger partial charge in [0.15, 0.2) is 0 Å². The molecule has 94 valence electrons. The van der Waals surface area contributed by atoms with Crippen LogP contribution in [0.2, 0.25) is 5.02 Å². The van der Waals surface area contributed by atoms with Crippen molar-refractivity contribution in [2.24, 2.45) is 5.73 Å². The van der Waals surface area contributed by atoms with E-state index in [4.69, 9.17) is 17.3 Å². The highest BCUT2D eigenvalue weighted by Gasteiger charge is 2.16. The molecule has 0 aliphatic rings. The molecular weight excluding hydrogens is 324 g/mol. The second-order valence-electron chi connectivity index (χ2n) is 3.79. The summed E-state index contributed by atoms with van der Waals surface area (Å²) in [5.74, 6) is -1.01. The van der Waals surface area contributed by atoms with Gasteiger partial charge in [-0.05, 0) is 39.7 Å². The van der Waals surface area contributed by atoms with Crippen molar-refractivity contribution in [1.29, 1.82) is 0 Å². The van der Waals surface area contributed by atoms with E-state index in [1.807, 2.05) is 0 Å². The molecule has 2 aromatic rings. The van der Waals surface area contributed by atoms with E-state index in [0.29, 0.717) is 15.6 Å². The maximum absolute atomic E-state index is 13.9. The van der Waals surface area contributed by atoms with Gasteiger partial charge in [0.1, 0.15) is 11.6 Å². The van der Waals surface area contributed by atoms with Crippen LogP contribution in [0, 0.1) is 11.6 Å². The van der Waals surface area contributed by atoms with Crippen molar-refractivity contribution >= 4 is 27.5 Å². The Bertz CT molecular complexity index is 589. The van der Waals surface area contributed by atoms with Gasteiger partial charge in [0.25, 0.3) is 0 Å². The first-order valence-corrected chi connectivity index (χ1v) is 6.32. The molecule has 1 atom stereocenters. The molecule has 0 bridgehead atoms. The van der Waals surface area contributed by atoms with Crippen LogP contribution >= 0.6 is 27.5 Å². The van der Waals surface area contributed by atoms with E-state index < -0.39 is 17.7 Å². The fourth-order valence-corrected chi connectivity index (χ4v) is 2.15. The number of rotatable bonds is 2. The summed E-state index contributed by atoms with van der Waals surface area (Å²) in [7, 11) is 0. The van der Waals surface area contributed by atoms with Crippen LogP contribution in [0.25, 0.3) is 0 Å². The molecule has 0 amide bonds. The summed E-state index contributed by atoms with van der Waals surface area (Å²) in [6, 6.07) is 8.28. The summed E-state index contributed by atoms with van der Waals surface area (Å²) >= 11 is 8.68. The first-order chi connectivity index (χ1) is 8.50. The Hall–Kier alpha value is -0.970. The molecule has 0 spiro atoms. The Morgan fingerprint density at radius 2 is 1.89 bits per heavy atom. The Morgan fingerprint density at radius 3 is 2.56 bits per heavy atom. The Balaban J connectivity index is 2.44. The highest BCUT2D eigenvalue weighted by atomic mass is 79.9. The van der Waals surface area contributed by atoms with Gasteiger partial charge in [-0.2, -0.15) is 0 Å².